The van der Waals surface area contributed by atoms with Crippen LogP contribution in [0.3, 0.4) is 0 Å². The number of benzene rings is 1. The van der Waals surface area contributed by atoms with E-state index >= 15 is 0 Å². The van der Waals surface area contributed by atoms with Crippen molar-refractivity contribution in [2.45, 2.75) is 71.1 Å². The molecule has 0 bridgehead atoms. The summed E-state index contributed by atoms with van der Waals surface area (Å²) >= 11 is 0. The van der Waals surface area contributed by atoms with Gasteiger partial charge in [0.2, 0.25) is 0 Å². The zero-order chi connectivity index (χ0) is 24.0. The maximum atomic E-state index is 11.8. The van der Waals surface area contributed by atoms with Gasteiger partial charge in [-0.15, -0.1) is 0 Å². The Balaban J connectivity index is 1.84. The number of rotatable bonds is 21. The molecule has 0 aliphatic rings. The highest BCUT2D eigenvalue weighted by Crippen LogP contribution is 2.10. The smallest absolute Gasteiger partial charge is 0.379 e. The minimum atomic E-state index is -0.898. The van der Waals surface area contributed by atoms with Crippen molar-refractivity contribution < 1.29 is 33.3 Å². The number of carbonyl (C=O) groups excluding carboxylic acids is 3. The molecule has 7 nitrogen and oxygen atoms in total. The summed E-state index contributed by atoms with van der Waals surface area (Å²) in [7, 11) is 0. The molecule has 0 saturated carbocycles. The summed E-state index contributed by atoms with van der Waals surface area (Å²) in [6.07, 6.45) is 11.4. The van der Waals surface area contributed by atoms with Gasteiger partial charge in [0, 0.05) is 12.0 Å². The molecular weight excluding hydrogens is 424 g/mol. The van der Waals surface area contributed by atoms with Gasteiger partial charge < -0.3 is 18.9 Å². The van der Waals surface area contributed by atoms with Crippen LogP contribution in [0.4, 0.5) is 0 Å². The van der Waals surface area contributed by atoms with Gasteiger partial charge in [-0.2, -0.15) is 0 Å². The van der Waals surface area contributed by atoms with E-state index in [-0.39, 0.29) is 25.8 Å². The Morgan fingerprint density at radius 1 is 0.636 bits per heavy atom. The molecule has 0 aliphatic heterocycles. The zero-order valence-electron chi connectivity index (χ0n) is 20.1. The largest absolute Gasteiger partial charge is 0.463 e. The fraction of sp³-hybridized carbons (Fsp3) is 0.654. The summed E-state index contributed by atoms with van der Waals surface area (Å²) in [5.41, 5.74) is 0.297. The van der Waals surface area contributed by atoms with E-state index in [9.17, 15) is 14.4 Å². The second kappa shape index (κ2) is 20.4. The van der Waals surface area contributed by atoms with Crippen LogP contribution in [0.5, 0.6) is 0 Å². The van der Waals surface area contributed by atoms with Gasteiger partial charge >= 0.3 is 11.9 Å². The summed E-state index contributed by atoms with van der Waals surface area (Å²) in [6.45, 7) is 3.59. The van der Waals surface area contributed by atoms with Crippen LogP contribution in [0.15, 0.2) is 30.3 Å². The number of unbranched alkanes of at least 4 members (excludes halogenated alkanes) is 8. The zero-order valence-corrected chi connectivity index (χ0v) is 20.1. The van der Waals surface area contributed by atoms with E-state index in [2.05, 4.69) is 6.92 Å². The lowest BCUT2D eigenvalue weighted by Crippen LogP contribution is -2.20. The van der Waals surface area contributed by atoms with Gasteiger partial charge in [0.05, 0.1) is 26.4 Å². The number of carbonyl (C=O) groups is 3. The second-order valence-corrected chi connectivity index (χ2v) is 7.85. The van der Waals surface area contributed by atoms with E-state index in [0.29, 0.717) is 31.8 Å². The normalized spacial score (nSPS) is 10.7. The van der Waals surface area contributed by atoms with Crippen molar-refractivity contribution in [2.75, 3.05) is 39.6 Å². The molecule has 7 heteroatoms. The van der Waals surface area contributed by atoms with E-state index < -0.39 is 11.8 Å². The summed E-state index contributed by atoms with van der Waals surface area (Å²) < 4.78 is 20.7. The average molecular weight is 465 g/mol. The maximum Gasteiger partial charge on any atom is 0.379 e. The van der Waals surface area contributed by atoms with Crippen LogP contribution in [0, 0.1) is 0 Å². The first-order chi connectivity index (χ1) is 16.1. The predicted molar refractivity (Wildman–Crippen MR) is 126 cm³/mol. The molecule has 33 heavy (non-hydrogen) atoms. The summed E-state index contributed by atoms with van der Waals surface area (Å²) in [5, 5.41) is 0. The Labute approximate surface area is 198 Å². The Bertz CT molecular complexity index is 645. The molecule has 1 aromatic carbocycles. The highest BCUT2D eigenvalue weighted by Gasteiger charge is 2.17. The first-order valence-electron chi connectivity index (χ1n) is 12.2. The minimum absolute atomic E-state index is 0.00607. The Morgan fingerprint density at radius 3 is 1.76 bits per heavy atom. The monoisotopic (exact) mass is 464 g/mol. The van der Waals surface area contributed by atoms with Crippen LogP contribution >= 0.6 is 0 Å². The van der Waals surface area contributed by atoms with Crippen molar-refractivity contribution in [3.63, 3.8) is 0 Å². The molecule has 0 atom stereocenters. The van der Waals surface area contributed by atoms with Crippen LogP contribution in [-0.2, 0) is 28.5 Å². The van der Waals surface area contributed by atoms with Gasteiger partial charge in [-0.3, -0.25) is 9.59 Å². The Hall–Kier alpha value is -2.25. The van der Waals surface area contributed by atoms with Gasteiger partial charge in [0.15, 0.2) is 0 Å². The quantitative estimate of drug-likeness (QED) is 0.111. The van der Waals surface area contributed by atoms with Crippen molar-refractivity contribution in [3.05, 3.63) is 35.9 Å². The Kier molecular flexibility index (Phi) is 17.8. The predicted octanol–water partition coefficient (Wildman–Crippen LogP) is 4.91. The molecule has 0 aliphatic carbocycles. The summed E-state index contributed by atoms with van der Waals surface area (Å²) in [6, 6.07) is 8.25. The molecule has 0 fully saturated rings. The number of ether oxygens (including phenoxy) is 4. The van der Waals surface area contributed by atoms with Crippen LogP contribution in [0.1, 0.15) is 81.5 Å². The first-order valence-corrected chi connectivity index (χ1v) is 12.2. The fourth-order valence-corrected chi connectivity index (χ4v) is 3.15. The van der Waals surface area contributed by atoms with E-state index in [1.165, 1.54) is 44.9 Å². The highest BCUT2D eigenvalue weighted by molar-refractivity contribution is 6.40. The van der Waals surface area contributed by atoms with E-state index in [0.717, 1.165) is 12.8 Å². The van der Waals surface area contributed by atoms with Gasteiger partial charge in [-0.25, -0.2) is 4.79 Å². The lowest BCUT2D eigenvalue weighted by Gasteiger charge is -2.08. The minimum Gasteiger partial charge on any atom is -0.463 e. The van der Waals surface area contributed by atoms with Crippen LogP contribution in [0.25, 0.3) is 0 Å². The molecule has 0 saturated heterocycles. The molecular formula is C26H40O7. The standard InChI is InChI=1S/C26H40O7/c1-2-3-4-5-6-7-8-9-13-16-24(27)32-21-19-30-17-18-31-20-22-33-26(29)25(28)23-14-11-10-12-15-23/h10-12,14-15H,2-9,13,16-22H2,1H3. The van der Waals surface area contributed by atoms with E-state index in [1.54, 1.807) is 30.3 Å². The first kappa shape index (κ1) is 28.8. The van der Waals surface area contributed by atoms with Gasteiger partial charge in [-0.05, 0) is 6.42 Å². The summed E-state index contributed by atoms with van der Waals surface area (Å²) in [4.78, 5) is 35.2. The lowest BCUT2D eigenvalue weighted by molar-refractivity contribution is -0.145. The van der Waals surface area contributed by atoms with Crippen LogP contribution in [-0.4, -0.2) is 57.4 Å². The number of esters is 2. The summed E-state index contributed by atoms with van der Waals surface area (Å²) in [5.74, 6) is -1.75. The average Bonchev–Trinajstić information content (AvgIpc) is 2.84. The van der Waals surface area contributed by atoms with Crippen molar-refractivity contribution in [2.24, 2.45) is 0 Å². The molecule has 0 spiro atoms. The molecule has 0 unspecified atom stereocenters. The fourth-order valence-electron chi connectivity index (χ4n) is 3.15. The number of ketones is 1. The molecule has 0 aromatic heterocycles. The number of hydrogen-bond donors (Lipinski definition) is 0. The SMILES string of the molecule is CCCCCCCCCCCC(=O)OCCOCCOCCOC(=O)C(=O)c1ccccc1. The third-order valence-corrected chi connectivity index (χ3v) is 5.03. The maximum absolute atomic E-state index is 11.8. The second-order valence-electron chi connectivity index (χ2n) is 7.85. The van der Waals surface area contributed by atoms with E-state index in [1.807, 2.05) is 0 Å². The van der Waals surface area contributed by atoms with Crippen LogP contribution in [0.2, 0.25) is 0 Å². The van der Waals surface area contributed by atoms with Crippen molar-refractivity contribution in [1.29, 1.82) is 0 Å². The molecule has 186 valence electrons. The van der Waals surface area contributed by atoms with Gasteiger partial charge in [0.1, 0.15) is 13.2 Å². The molecule has 0 amide bonds. The van der Waals surface area contributed by atoms with Crippen molar-refractivity contribution in [1.82, 2.24) is 0 Å². The Morgan fingerprint density at radius 2 is 1.15 bits per heavy atom. The molecule has 0 radical (unpaired) electrons. The lowest BCUT2D eigenvalue weighted by atomic mass is 10.1. The topological polar surface area (TPSA) is 88.1 Å². The van der Waals surface area contributed by atoms with Crippen molar-refractivity contribution >= 4 is 17.7 Å². The molecule has 1 rings (SSSR count). The van der Waals surface area contributed by atoms with Crippen LogP contribution < -0.4 is 0 Å². The highest BCUT2D eigenvalue weighted by atomic mass is 16.6. The van der Waals surface area contributed by atoms with Gasteiger partial charge in [-0.1, -0.05) is 88.6 Å². The van der Waals surface area contributed by atoms with Gasteiger partial charge in [0.25, 0.3) is 5.78 Å². The molecule has 0 heterocycles. The van der Waals surface area contributed by atoms with E-state index in [4.69, 9.17) is 18.9 Å². The third-order valence-electron chi connectivity index (χ3n) is 5.03. The molecule has 0 N–H and O–H groups in total. The van der Waals surface area contributed by atoms with Crippen molar-refractivity contribution in [3.8, 4) is 0 Å². The molecule has 1 aromatic rings. The number of hydrogen-bond acceptors (Lipinski definition) is 7. The third kappa shape index (κ3) is 16.1. The number of Topliss-reactive ketones (excluding diaryl/α,β-unsaturated/α-hetero) is 1.